The molecular weight excluding hydrogens is 295 g/mol. The number of sulfonamides is 1. The number of hydrogen-bond donors (Lipinski definition) is 3. The predicted octanol–water partition coefficient (Wildman–Crippen LogP) is 1.62. The van der Waals surface area contributed by atoms with Gasteiger partial charge in [0.1, 0.15) is 0 Å². The standard InChI is InChI=1S/C11H14F3N3O2S/c1-7-8(11(12,13)14)3-2-4-9(7)20(18,19)17-6-5-10(15)16/h2-4,17H,5-6H2,1H3,(H3,15,16). The molecule has 1 aromatic rings. The molecule has 1 aromatic carbocycles. The van der Waals surface area contributed by atoms with E-state index in [2.05, 4.69) is 4.72 Å². The summed E-state index contributed by atoms with van der Waals surface area (Å²) in [6, 6.07) is 2.96. The van der Waals surface area contributed by atoms with Crippen LogP contribution in [0.2, 0.25) is 0 Å². The third-order valence-electron chi connectivity index (χ3n) is 2.57. The summed E-state index contributed by atoms with van der Waals surface area (Å²) >= 11 is 0. The molecule has 0 saturated heterocycles. The molecule has 0 amide bonds. The van der Waals surface area contributed by atoms with Gasteiger partial charge in [-0.3, -0.25) is 5.41 Å². The van der Waals surface area contributed by atoms with Gasteiger partial charge in [0.15, 0.2) is 0 Å². The topological polar surface area (TPSA) is 96.0 Å². The fraction of sp³-hybridized carbons (Fsp3) is 0.364. The molecule has 0 fully saturated rings. The number of rotatable bonds is 5. The van der Waals surface area contributed by atoms with Gasteiger partial charge in [0, 0.05) is 13.0 Å². The largest absolute Gasteiger partial charge is 0.416 e. The Morgan fingerprint density at radius 2 is 2.00 bits per heavy atom. The van der Waals surface area contributed by atoms with Gasteiger partial charge in [-0.2, -0.15) is 13.2 Å². The van der Waals surface area contributed by atoms with Gasteiger partial charge in [0.25, 0.3) is 0 Å². The van der Waals surface area contributed by atoms with Crippen LogP contribution in [0.5, 0.6) is 0 Å². The molecule has 1 rings (SSSR count). The number of halogens is 3. The molecule has 0 radical (unpaired) electrons. The molecule has 0 spiro atoms. The average Bonchev–Trinajstić information content (AvgIpc) is 2.26. The second-order valence-electron chi connectivity index (χ2n) is 4.10. The van der Waals surface area contributed by atoms with E-state index in [-0.39, 0.29) is 24.4 Å². The lowest BCUT2D eigenvalue weighted by Gasteiger charge is -2.14. The minimum Gasteiger partial charge on any atom is -0.388 e. The molecule has 5 nitrogen and oxygen atoms in total. The second-order valence-corrected chi connectivity index (χ2v) is 5.83. The van der Waals surface area contributed by atoms with Gasteiger partial charge >= 0.3 is 6.18 Å². The van der Waals surface area contributed by atoms with Crippen LogP contribution in [-0.4, -0.2) is 20.8 Å². The lowest BCUT2D eigenvalue weighted by molar-refractivity contribution is -0.138. The molecule has 20 heavy (non-hydrogen) atoms. The zero-order valence-electron chi connectivity index (χ0n) is 10.6. The van der Waals surface area contributed by atoms with Crippen molar-refractivity contribution in [3.05, 3.63) is 29.3 Å². The number of nitrogens with two attached hydrogens (primary N) is 1. The maximum absolute atomic E-state index is 12.7. The van der Waals surface area contributed by atoms with E-state index in [1.54, 1.807) is 0 Å². The smallest absolute Gasteiger partial charge is 0.388 e. The van der Waals surface area contributed by atoms with Gasteiger partial charge in [-0.05, 0) is 24.6 Å². The summed E-state index contributed by atoms with van der Waals surface area (Å²) in [7, 11) is -4.07. The summed E-state index contributed by atoms with van der Waals surface area (Å²) in [6.07, 6.45) is -4.63. The Morgan fingerprint density at radius 1 is 1.40 bits per heavy atom. The van der Waals surface area contributed by atoms with E-state index in [9.17, 15) is 21.6 Å². The summed E-state index contributed by atoms with van der Waals surface area (Å²) in [5, 5.41) is 6.96. The van der Waals surface area contributed by atoms with Gasteiger partial charge in [0.05, 0.1) is 16.3 Å². The molecule has 0 aromatic heterocycles. The van der Waals surface area contributed by atoms with Gasteiger partial charge in [-0.1, -0.05) is 6.07 Å². The first kappa shape index (κ1) is 16.4. The van der Waals surface area contributed by atoms with Gasteiger partial charge in [0.2, 0.25) is 10.0 Å². The minimum atomic E-state index is -4.62. The molecule has 0 bridgehead atoms. The first-order valence-electron chi connectivity index (χ1n) is 5.55. The number of alkyl halides is 3. The maximum Gasteiger partial charge on any atom is 0.416 e. The zero-order valence-corrected chi connectivity index (χ0v) is 11.4. The number of hydrogen-bond acceptors (Lipinski definition) is 3. The molecule has 0 atom stereocenters. The zero-order chi connectivity index (χ0) is 15.6. The van der Waals surface area contributed by atoms with Crippen molar-refractivity contribution in [2.75, 3.05) is 6.54 Å². The maximum atomic E-state index is 12.7. The third-order valence-corrected chi connectivity index (χ3v) is 4.17. The number of nitrogens with one attached hydrogen (secondary N) is 2. The van der Waals surface area contributed by atoms with Crippen LogP contribution in [-0.2, 0) is 16.2 Å². The van der Waals surface area contributed by atoms with Gasteiger partial charge < -0.3 is 5.73 Å². The highest BCUT2D eigenvalue weighted by molar-refractivity contribution is 7.89. The Labute approximate surface area is 114 Å². The highest BCUT2D eigenvalue weighted by atomic mass is 32.2. The normalized spacial score (nSPS) is 12.4. The number of benzene rings is 1. The Morgan fingerprint density at radius 3 is 2.50 bits per heavy atom. The van der Waals surface area contributed by atoms with E-state index in [0.717, 1.165) is 25.1 Å². The van der Waals surface area contributed by atoms with Crippen molar-refractivity contribution < 1.29 is 21.6 Å². The fourth-order valence-corrected chi connectivity index (χ4v) is 2.91. The van der Waals surface area contributed by atoms with Crippen molar-refractivity contribution in [1.82, 2.24) is 4.72 Å². The van der Waals surface area contributed by atoms with Crippen molar-refractivity contribution in [3.8, 4) is 0 Å². The van der Waals surface area contributed by atoms with Crippen molar-refractivity contribution >= 4 is 15.9 Å². The number of amidine groups is 1. The predicted molar refractivity (Wildman–Crippen MR) is 67.9 cm³/mol. The van der Waals surface area contributed by atoms with E-state index in [4.69, 9.17) is 11.1 Å². The molecule has 0 aliphatic carbocycles. The first-order valence-corrected chi connectivity index (χ1v) is 7.03. The summed E-state index contributed by atoms with van der Waals surface area (Å²) in [5.74, 6) is -0.214. The third kappa shape index (κ3) is 3.94. The van der Waals surface area contributed by atoms with E-state index in [0.29, 0.717) is 0 Å². The van der Waals surface area contributed by atoms with Crippen LogP contribution in [0.3, 0.4) is 0 Å². The summed E-state index contributed by atoms with van der Waals surface area (Å²) < 4.78 is 64.1. The van der Waals surface area contributed by atoms with Crippen LogP contribution >= 0.6 is 0 Å². The lowest BCUT2D eigenvalue weighted by atomic mass is 10.1. The molecule has 0 saturated carbocycles. The second kappa shape index (κ2) is 5.80. The van der Waals surface area contributed by atoms with Crippen molar-refractivity contribution in [1.29, 1.82) is 5.41 Å². The summed E-state index contributed by atoms with van der Waals surface area (Å²) in [5.41, 5.74) is 3.71. The first-order chi connectivity index (χ1) is 9.05. The van der Waals surface area contributed by atoms with E-state index in [1.807, 2.05) is 0 Å². The Balaban J connectivity index is 3.11. The van der Waals surface area contributed by atoms with Crippen molar-refractivity contribution in [3.63, 3.8) is 0 Å². The molecule has 0 aliphatic heterocycles. The van der Waals surface area contributed by atoms with E-state index in [1.165, 1.54) is 0 Å². The van der Waals surface area contributed by atoms with Crippen LogP contribution in [0.15, 0.2) is 23.1 Å². The molecule has 0 heterocycles. The molecule has 0 unspecified atom stereocenters. The summed E-state index contributed by atoms with van der Waals surface area (Å²) in [4.78, 5) is -0.434. The van der Waals surface area contributed by atoms with Crippen LogP contribution in [0.1, 0.15) is 17.5 Å². The molecular formula is C11H14F3N3O2S. The SMILES string of the molecule is Cc1c(C(F)(F)F)cccc1S(=O)(=O)NCCC(=N)N. The molecule has 4 N–H and O–H groups in total. The lowest BCUT2D eigenvalue weighted by Crippen LogP contribution is -2.28. The highest BCUT2D eigenvalue weighted by Crippen LogP contribution is 2.33. The highest BCUT2D eigenvalue weighted by Gasteiger charge is 2.34. The Bertz CT molecular complexity index is 612. The van der Waals surface area contributed by atoms with Crippen molar-refractivity contribution in [2.45, 2.75) is 24.4 Å². The van der Waals surface area contributed by atoms with E-state index < -0.39 is 26.7 Å². The van der Waals surface area contributed by atoms with Crippen LogP contribution in [0.4, 0.5) is 13.2 Å². The van der Waals surface area contributed by atoms with Gasteiger partial charge in [-0.15, -0.1) is 0 Å². The van der Waals surface area contributed by atoms with Crippen LogP contribution < -0.4 is 10.5 Å². The molecule has 9 heteroatoms. The van der Waals surface area contributed by atoms with E-state index >= 15 is 0 Å². The Kier molecular flexibility index (Phi) is 4.77. The summed E-state index contributed by atoms with van der Waals surface area (Å²) in [6.45, 7) is 0.954. The van der Waals surface area contributed by atoms with Crippen molar-refractivity contribution in [2.24, 2.45) is 5.73 Å². The molecule has 0 aliphatic rings. The molecule has 112 valence electrons. The van der Waals surface area contributed by atoms with Gasteiger partial charge in [-0.25, -0.2) is 13.1 Å². The minimum absolute atomic E-state index is 0.0166. The van der Waals surface area contributed by atoms with Crippen LogP contribution in [0, 0.1) is 12.3 Å². The monoisotopic (exact) mass is 309 g/mol. The average molecular weight is 309 g/mol. The Hall–Kier alpha value is -1.61. The van der Waals surface area contributed by atoms with Crippen LogP contribution in [0.25, 0.3) is 0 Å². The fourth-order valence-electron chi connectivity index (χ4n) is 1.61. The quantitative estimate of drug-likeness (QED) is 0.569.